The molecule has 0 spiro atoms. The molecule has 1 amide bonds. The number of nitrogens with two attached hydrogens (primary N) is 1. The molecule has 0 rings (SSSR count). The Morgan fingerprint density at radius 1 is 1.56 bits per heavy atom. The van der Waals surface area contributed by atoms with Crippen molar-refractivity contribution in [3.63, 3.8) is 0 Å². The van der Waals surface area contributed by atoms with E-state index in [0.29, 0.717) is 0 Å². The van der Waals surface area contributed by atoms with E-state index in [0.717, 1.165) is 6.34 Å². The molecule has 3 nitrogen and oxygen atoms in total. The van der Waals surface area contributed by atoms with Gasteiger partial charge in [0.2, 0.25) is 0 Å². The van der Waals surface area contributed by atoms with Crippen molar-refractivity contribution < 1.29 is 4.79 Å². The van der Waals surface area contributed by atoms with Crippen molar-refractivity contribution in [2.24, 2.45) is 10.7 Å². The molecule has 52 valence electrons. The summed E-state index contributed by atoms with van der Waals surface area (Å²) < 4.78 is -1.99. The number of carbonyl (C=O) groups excluding carboxylic acids is 1. The van der Waals surface area contributed by atoms with Crippen molar-refractivity contribution in [2.45, 2.75) is 3.79 Å². The van der Waals surface area contributed by atoms with Gasteiger partial charge in [0.05, 0.1) is 6.34 Å². The van der Waals surface area contributed by atoms with E-state index in [4.69, 9.17) is 40.5 Å². The van der Waals surface area contributed by atoms with Crippen LogP contribution < -0.4 is 5.73 Å². The van der Waals surface area contributed by atoms with Gasteiger partial charge in [-0.05, 0) is 0 Å². The molecular weight excluding hydrogens is 186 g/mol. The van der Waals surface area contributed by atoms with Gasteiger partial charge in [0.25, 0.3) is 9.70 Å². The molecule has 0 aromatic heterocycles. The average Bonchev–Trinajstić information content (AvgIpc) is 1.64. The normalized spacial score (nSPS) is 12.3. The minimum Gasteiger partial charge on any atom is -0.390 e. The van der Waals surface area contributed by atoms with Gasteiger partial charge in [0, 0.05) is 0 Å². The van der Waals surface area contributed by atoms with Crippen molar-refractivity contribution in [2.75, 3.05) is 0 Å². The highest BCUT2D eigenvalue weighted by Crippen LogP contribution is 2.26. The fourth-order valence-corrected chi connectivity index (χ4v) is 0.287. The number of halogens is 3. The quantitative estimate of drug-likeness (QED) is 0.349. The standard InChI is InChI=1S/C3H3Cl3N2O/c4-3(5,6)2(9)8-1-7/h1H,(H2,7,8,9). The first kappa shape index (κ1) is 9.01. The number of nitrogens with zero attached hydrogens (tertiary/aromatic N) is 1. The van der Waals surface area contributed by atoms with Gasteiger partial charge in [0.15, 0.2) is 0 Å². The smallest absolute Gasteiger partial charge is 0.299 e. The summed E-state index contributed by atoms with van der Waals surface area (Å²) in [5, 5.41) is 0. The lowest BCUT2D eigenvalue weighted by atomic mass is 10.7. The van der Waals surface area contributed by atoms with Crippen molar-refractivity contribution in [3.05, 3.63) is 0 Å². The predicted octanol–water partition coefficient (Wildman–Crippen LogP) is 0.870. The van der Waals surface area contributed by atoms with E-state index in [1.807, 2.05) is 0 Å². The molecule has 0 aliphatic heterocycles. The van der Waals surface area contributed by atoms with Crippen LogP contribution in [0.25, 0.3) is 0 Å². The fraction of sp³-hybridized carbons (Fsp3) is 0.333. The first-order valence-corrected chi connectivity index (χ1v) is 2.97. The molecule has 0 saturated heterocycles. The number of hydrogen-bond donors (Lipinski definition) is 1. The fourth-order valence-electron chi connectivity index (χ4n) is 0.141. The molecule has 0 atom stereocenters. The lowest BCUT2D eigenvalue weighted by Crippen LogP contribution is -2.16. The first-order valence-electron chi connectivity index (χ1n) is 1.84. The number of alkyl halides is 3. The predicted molar refractivity (Wildman–Crippen MR) is 38.0 cm³/mol. The molecule has 0 aliphatic carbocycles. The van der Waals surface area contributed by atoms with Gasteiger partial charge in [0.1, 0.15) is 0 Å². The Bertz CT molecular complexity index is 138. The molecule has 0 fully saturated rings. The van der Waals surface area contributed by atoms with E-state index in [2.05, 4.69) is 4.99 Å². The second-order valence-electron chi connectivity index (χ2n) is 1.08. The second-order valence-corrected chi connectivity index (χ2v) is 3.36. The van der Waals surface area contributed by atoms with Crippen molar-refractivity contribution in [1.29, 1.82) is 0 Å². The minimum atomic E-state index is -1.99. The van der Waals surface area contributed by atoms with Crippen LogP contribution in [-0.4, -0.2) is 16.0 Å². The lowest BCUT2D eigenvalue weighted by molar-refractivity contribution is -0.116. The Hall–Kier alpha value is 0.01000. The largest absolute Gasteiger partial charge is 0.390 e. The molecule has 0 aromatic carbocycles. The van der Waals surface area contributed by atoms with Crippen molar-refractivity contribution in [1.82, 2.24) is 0 Å². The van der Waals surface area contributed by atoms with Crippen LogP contribution in [0.1, 0.15) is 0 Å². The monoisotopic (exact) mass is 188 g/mol. The zero-order valence-electron chi connectivity index (χ0n) is 4.14. The molecule has 0 unspecified atom stereocenters. The number of rotatable bonds is 0. The topological polar surface area (TPSA) is 55.4 Å². The van der Waals surface area contributed by atoms with Gasteiger partial charge in [-0.25, -0.2) is 4.99 Å². The first-order chi connectivity index (χ1) is 3.98. The van der Waals surface area contributed by atoms with Gasteiger partial charge in [-0.1, -0.05) is 34.8 Å². The lowest BCUT2D eigenvalue weighted by Gasteiger charge is -2.01. The summed E-state index contributed by atoms with van der Waals surface area (Å²) in [5.74, 6) is -0.894. The molecule has 0 aliphatic rings. The van der Waals surface area contributed by atoms with Crippen LogP contribution in [0.3, 0.4) is 0 Å². The van der Waals surface area contributed by atoms with Crippen LogP contribution in [0.15, 0.2) is 4.99 Å². The summed E-state index contributed by atoms with van der Waals surface area (Å²) >= 11 is 15.2. The maximum absolute atomic E-state index is 10.4. The maximum Gasteiger partial charge on any atom is 0.299 e. The van der Waals surface area contributed by atoms with E-state index < -0.39 is 9.70 Å². The highest BCUT2D eigenvalue weighted by Gasteiger charge is 2.29. The van der Waals surface area contributed by atoms with Gasteiger partial charge >= 0.3 is 0 Å². The molecule has 0 bridgehead atoms. The van der Waals surface area contributed by atoms with Crippen LogP contribution in [0.4, 0.5) is 0 Å². The molecule has 9 heavy (non-hydrogen) atoms. The molecule has 0 heterocycles. The summed E-state index contributed by atoms with van der Waals surface area (Å²) in [4.78, 5) is 13.4. The van der Waals surface area contributed by atoms with Crippen LogP contribution in [-0.2, 0) is 4.79 Å². The summed E-state index contributed by atoms with van der Waals surface area (Å²) in [6.07, 6.45) is 0.768. The number of carbonyl (C=O) groups is 1. The summed E-state index contributed by atoms with van der Waals surface area (Å²) in [5.41, 5.74) is 4.74. The molecule has 2 N–H and O–H groups in total. The van der Waals surface area contributed by atoms with E-state index in [9.17, 15) is 4.79 Å². The number of aliphatic imine (C=N–C) groups is 1. The Balaban J connectivity index is 4.06. The van der Waals surface area contributed by atoms with Crippen LogP contribution >= 0.6 is 34.8 Å². The van der Waals surface area contributed by atoms with E-state index in [1.165, 1.54) is 0 Å². The highest BCUT2D eigenvalue weighted by atomic mass is 35.6. The minimum absolute atomic E-state index is 0.768. The van der Waals surface area contributed by atoms with E-state index >= 15 is 0 Å². The van der Waals surface area contributed by atoms with Gasteiger partial charge in [-0.3, -0.25) is 4.79 Å². The van der Waals surface area contributed by atoms with E-state index in [-0.39, 0.29) is 0 Å². The third kappa shape index (κ3) is 3.56. The average molecular weight is 189 g/mol. The van der Waals surface area contributed by atoms with Crippen LogP contribution in [0.5, 0.6) is 0 Å². The molecule has 0 aromatic rings. The summed E-state index contributed by atoms with van der Waals surface area (Å²) in [7, 11) is 0. The van der Waals surface area contributed by atoms with E-state index in [1.54, 1.807) is 0 Å². The SMILES string of the molecule is NC=NC(=O)C(Cl)(Cl)Cl. The Morgan fingerprint density at radius 2 is 2.00 bits per heavy atom. The zero-order chi connectivity index (χ0) is 7.49. The molecule has 0 radical (unpaired) electrons. The van der Waals surface area contributed by atoms with Crippen LogP contribution in [0.2, 0.25) is 0 Å². The Kier molecular flexibility index (Phi) is 3.25. The third-order valence-electron chi connectivity index (χ3n) is 0.434. The Labute approximate surface area is 66.8 Å². The number of hydrogen-bond acceptors (Lipinski definition) is 1. The van der Waals surface area contributed by atoms with Gasteiger partial charge in [-0.15, -0.1) is 0 Å². The van der Waals surface area contributed by atoms with Gasteiger partial charge in [-0.2, -0.15) is 0 Å². The van der Waals surface area contributed by atoms with Crippen molar-refractivity contribution in [3.8, 4) is 0 Å². The highest BCUT2D eigenvalue weighted by molar-refractivity contribution is 6.76. The third-order valence-corrected chi connectivity index (χ3v) is 0.919. The molecular formula is C3H3Cl3N2O. The Morgan fingerprint density at radius 3 is 2.11 bits per heavy atom. The second kappa shape index (κ2) is 3.25. The molecule has 0 saturated carbocycles. The van der Waals surface area contributed by atoms with Crippen molar-refractivity contribution >= 4 is 47.0 Å². The van der Waals surface area contributed by atoms with Gasteiger partial charge < -0.3 is 5.73 Å². The summed E-state index contributed by atoms with van der Waals surface area (Å²) in [6, 6.07) is 0. The maximum atomic E-state index is 10.4. The summed E-state index contributed by atoms with van der Waals surface area (Å²) in [6.45, 7) is 0. The number of amides is 1. The van der Waals surface area contributed by atoms with Crippen LogP contribution in [0, 0.1) is 0 Å². The molecule has 6 heteroatoms. The zero-order valence-corrected chi connectivity index (χ0v) is 6.41.